The SMILES string of the molecule is CCCCCC1CCC(C2CCC(CCNC)CC2)CC1. The summed E-state index contributed by atoms with van der Waals surface area (Å²) in [7, 11) is 2.09. The van der Waals surface area contributed by atoms with Crippen molar-refractivity contribution in [2.45, 2.75) is 90.4 Å². The van der Waals surface area contributed by atoms with Crippen LogP contribution < -0.4 is 5.32 Å². The summed E-state index contributed by atoms with van der Waals surface area (Å²) in [6.45, 7) is 3.54. The smallest absolute Gasteiger partial charge is 0.00493 e. The molecule has 0 bridgehead atoms. The second-order valence-electron chi connectivity index (χ2n) is 7.95. The maximum Gasteiger partial charge on any atom is -0.00493 e. The first-order valence-corrected chi connectivity index (χ1v) is 9.98. The summed E-state index contributed by atoms with van der Waals surface area (Å²) in [5, 5.41) is 3.32. The molecule has 0 saturated heterocycles. The third-order valence-corrected chi connectivity index (χ3v) is 6.47. The molecule has 2 rings (SSSR count). The van der Waals surface area contributed by atoms with Crippen molar-refractivity contribution in [3.8, 4) is 0 Å². The fraction of sp³-hybridized carbons (Fsp3) is 1.00. The van der Waals surface area contributed by atoms with E-state index in [0.717, 1.165) is 23.7 Å². The van der Waals surface area contributed by atoms with Crippen LogP contribution in [0, 0.1) is 23.7 Å². The lowest BCUT2D eigenvalue weighted by Crippen LogP contribution is -2.26. The highest BCUT2D eigenvalue weighted by Crippen LogP contribution is 2.42. The molecule has 0 unspecified atom stereocenters. The van der Waals surface area contributed by atoms with Crippen molar-refractivity contribution in [3.63, 3.8) is 0 Å². The zero-order chi connectivity index (χ0) is 14.9. The van der Waals surface area contributed by atoms with Gasteiger partial charge in [0.25, 0.3) is 0 Å². The molecule has 1 nitrogen and oxygen atoms in total. The second kappa shape index (κ2) is 9.87. The molecule has 2 saturated carbocycles. The molecule has 0 atom stereocenters. The fourth-order valence-corrected chi connectivity index (χ4v) is 4.93. The Hall–Kier alpha value is -0.0400. The molecule has 21 heavy (non-hydrogen) atoms. The lowest BCUT2D eigenvalue weighted by Gasteiger charge is -2.38. The summed E-state index contributed by atoms with van der Waals surface area (Å²) in [5.41, 5.74) is 0. The summed E-state index contributed by atoms with van der Waals surface area (Å²) in [4.78, 5) is 0. The van der Waals surface area contributed by atoms with Crippen molar-refractivity contribution in [1.82, 2.24) is 5.32 Å². The van der Waals surface area contributed by atoms with Crippen LogP contribution in [0.25, 0.3) is 0 Å². The largest absolute Gasteiger partial charge is 0.320 e. The van der Waals surface area contributed by atoms with Crippen molar-refractivity contribution in [1.29, 1.82) is 0 Å². The van der Waals surface area contributed by atoms with Gasteiger partial charge in [0.05, 0.1) is 0 Å². The van der Waals surface area contributed by atoms with E-state index >= 15 is 0 Å². The van der Waals surface area contributed by atoms with Crippen molar-refractivity contribution in [3.05, 3.63) is 0 Å². The first-order chi connectivity index (χ1) is 10.3. The molecular weight excluding hydrogens is 254 g/mol. The Kier molecular flexibility index (Phi) is 8.14. The summed E-state index contributed by atoms with van der Waals surface area (Å²) in [5.74, 6) is 4.30. The first-order valence-electron chi connectivity index (χ1n) is 9.98. The number of rotatable bonds is 8. The quantitative estimate of drug-likeness (QED) is 0.559. The molecule has 0 radical (unpaired) electrons. The van der Waals surface area contributed by atoms with Crippen LogP contribution in [0.5, 0.6) is 0 Å². The molecule has 124 valence electrons. The van der Waals surface area contributed by atoms with E-state index in [4.69, 9.17) is 0 Å². The summed E-state index contributed by atoms with van der Waals surface area (Å²) >= 11 is 0. The highest BCUT2D eigenvalue weighted by atomic mass is 14.8. The second-order valence-corrected chi connectivity index (χ2v) is 7.95. The Balaban J connectivity index is 1.60. The van der Waals surface area contributed by atoms with Gasteiger partial charge in [-0.15, -0.1) is 0 Å². The van der Waals surface area contributed by atoms with Crippen molar-refractivity contribution in [2.75, 3.05) is 13.6 Å². The summed E-state index contributed by atoms with van der Waals surface area (Å²) in [6, 6.07) is 0. The minimum absolute atomic E-state index is 1.03. The number of unbranched alkanes of at least 4 members (excludes halogenated alkanes) is 2. The van der Waals surface area contributed by atoms with Crippen LogP contribution in [0.15, 0.2) is 0 Å². The van der Waals surface area contributed by atoms with Crippen LogP contribution in [-0.2, 0) is 0 Å². The first kappa shape index (κ1) is 17.3. The number of nitrogens with one attached hydrogen (secondary N) is 1. The Labute approximate surface area is 133 Å². The molecule has 0 heterocycles. The van der Waals surface area contributed by atoms with Gasteiger partial charge in [-0.1, -0.05) is 58.3 Å². The molecule has 2 aliphatic rings. The van der Waals surface area contributed by atoms with Gasteiger partial charge in [0.1, 0.15) is 0 Å². The van der Waals surface area contributed by atoms with Gasteiger partial charge in [-0.3, -0.25) is 0 Å². The standard InChI is InChI=1S/C20H39N/c1-3-4-5-6-17-7-11-19(12-8-17)20-13-9-18(10-14-20)15-16-21-2/h17-21H,3-16H2,1-2H3. The van der Waals surface area contributed by atoms with Gasteiger partial charge in [0, 0.05) is 0 Å². The maximum atomic E-state index is 3.32. The van der Waals surface area contributed by atoms with Gasteiger partial charge in [-0.05, 0) is 69.4 Å². The third kappa shape index (κ3) is 5.93. The molecule has 0 spiro atoms. The third-order valence-electron chi connectivity index (χ3n) is 6.47. The Morgan fingerprint density at radius 3 is 1.71 bits per heavy atom. The minimum atomic E-state index is 1.03. The molecule has 0 aromatic rings. The average molecular weight is 294 g/mol. The molecule has 2 aliphatic carbocycles. The van der Waals surface area contributed by atoms with Crippen LogP contribution in [0.2, 0.25) is 0 Å². The van der Waals surface area contributed by atoms with Crippen LogP contribution in [0.3, 0.4) is 0 Å². The van der Waals surface area contributed by atoms with Gasteiger partial charge < -0.3 is 5.32 Å². The molecule has 2 fully saturated rings. The lowest BCUT2D eigenvalue weighted by molar-refractivity contribution is 0.140. The van der Waals surface area contributed by atoms with Gasteiger partial charge in [-0.2, -0.15) is 0 Å². The Bertz CT molecular complexity index is 247. The molecular formula is C20H39N. The van der Waals surface area contributed by atoms with Crippen LogP contribution >= 0.6 is 0 Å². The molecule has 0 aromatic carbocycles. The fourth-order valence-electron chi connectivity index (χ4n) is 4.93. The van der Waals surface area contributed by atoms with E-state index in [2.05, 4.69) is 19.3 Å². The van der Waals surface area contributed by atoms with E-state index in [0.29, 0.717) is 0 Å². The molecule has 0 aromatic heterocycles. The van der Waals surface area contributed by atoms with Crippen LogP contribution in [-0.4, -0.2) is 13.6 Å². The number of hydrogen-bond donors (Lipinski definition) is 1. The van der Waals surface area contributed by atoms with Crippen LogP contribution in [0.4, 0.5) is 0 Å². The lowest BCUT2D eigenvalue weighted by atomic mass is 9.68. The van der Waals surface area contributed by atoms with E-state index in [1.165, 1.54) is 51.5 Å². The van der Waals surface area contributed by atoms with E-state index in [9.17, 15) is 0 Å². The highest BCUT2D eigenvalue weighted by molar-refractivity contribution is 4.82. The minimum Gasteiger partial charge on any atom is -0.320 e. The monoisotopic (exact) mass is 293 g/mol. The van der Waals surface area contributed by atoms with Crippen molar-refractivity contribution >= 4 is 0 Å². The van der Waals surface area contributed by atoms with Crippen LogP contribution in [0.1, 0.15) is 90.4 Å². The van der Waals surface area contributed by atoms with Gasteiger partial charge in [0.15, 0.2) is 0 Å². The van der Waals surface area contributed by atoms with Gasteiger partial charge >= 0.3 is 0 Å². The maximum absolute atomic E-state index is 3.32. The molecule has 0 aliphatic heterocycles. The molecule has 0 amide bonds. The average Bonchev–Trinajstić information content (AvgIpc) is 2.54. The predicted octanol–water partition coefficient (Wildman–Crippen LogP) is 5.79. The van der Waals surface area contributed by atoms with E-state index in [-0.39, 0.29) is 0 Å². The highest BCUT2D eigenvalue weighted by Gasteiger charge is 2.30. The zero-order valence-corrected chi connectivity index (χ0v) is 14.7. The summed E-state index contributed by atoms with van der Waals surface area (Å²) < 4.78 is 0. The van der Waals surface area contributed by atoms with Gasteiger partial charge in [0.2, 0.25) is 0 Å². The van der Waals surface area contributed by atoms with Crippen molar-refractivity contribution < 1.29 is 0 Å². The Morgan fingerprint density at radius 2 is 1.24 bits per heavy atom. The van der Waals surface area contributed by atoms with E-state index < -0.39 is 0 Å². The molecule has 1 heteroatoms. The van der Waals surface area contributed by atoms with Gasteiger partial charge in [-0.25, -0.2) is 0 Å². The topological polar surface area (TPSA) is 12.0 Å². The van der Waals surface area contributed by atoms with E-state index in [1.807, 2.05) is 0 Å². The summed E-state index contributed by atoms with van der Waals surface area (Å²) in [6.07, 6.45) is 19.6. The zero-order valence-electron chi connectivity index (χ0n) is 14.7. The molecule has 1 N–H and O–H groups in total. The van der Waals surface area contributed by atoms with Crippen molar-refractivity contribution in [2.24, 2.45) is 23.7 Å². The normalized spacial score (nSPS) is 34.0. The number of hydrogen-bond acceptors (Lipinski definition) is 1. The van der Waals surface area contributed by atoms with E-state index in [1.54, 1.807) is 38.5 Å². The Morgan fingerprint density at radius 1 is 0.714 bits per heavy atom. The predicted molar refractivity (Wildman–Crippen MR) is 93.6 cm³/mol.